The molecule has 0 radical (unpaired) electrons. The van der Waals surface area contributed by atoms with Crippen LogP contribution >= 0.6 is 0 Å². The van der Waals surface area contributed by atoms with Crippen molar-refractivity contribution in [1.29, 1.82) is 0 Å². The first-order valence-electron chi connectivity index (χ1n) is 7.89. The number of hydrogen-bond donors (Lipinski definition) is 2. The predicted octanol–water partition coefficient (Wildman–Crippen LogP) is 2.55. The zero-order chi connectivity index (χ0) is 13.8. The van der Waals surface area contributed by atoms with Crippen LogP contribution in [0, 0.1) is 5.92 Å². The van der Waals surface area contributed by atoms with Gasteiger partial charge in [-0.1, -0.05) is 26.2 Å². The van der Waals surface area contributed by atoms with Crippen LogP contribution in [0.1, 0.15) is 51.9 Å². The highest BCUT2D eigenvalue weighted by atomic mass is 16.5. The van der Waals surface area contributed by atoms with Crippen LogP contribution < -0.4 is 10.6 Å². The maximum absolute atomic E-state index is 5.52. The molecule has 0 bridgehead atoms. The third-order valence-corrected chi connectivity index (χ3v) is 3.40. The summed E-state index contributed by atoms with van der Waals surface area (Å²) in [6.45, 7) is 5.87. The summed E-state index contributed by atoms with van der Waals surface area (Å²) in [5, 5.41) is 6.68. The molecule has 0 atom stereocenters. The Balaban J connectivity index is 1.86. The van der Waals surface area contributed by atoms with Crippen molar-refractivity contribution in [2.24, 2.45) is 10.9 Å². The third-order valence-electron chi connectivity index (χ3n) is 3.40. The average molecular weight is 269 g/mol. The van der Waals surface area contributed by atoms with Gasteiger partial charge < -0.3 is 15.4 Å². The molecule has 1 fully saturated rings. The van der Waals surface area contributed by atoms with Gasteiger partial charge in [-0.2, -0.15) is 0 Å². The molecule has 19 heavy (non-hydrogen) atoms. The number of guanidine groups is 1. The molecule has 0 amide bonds. The largest absolute Gasteiger partial charge is 0.381 e. The highest BCUT2D eigenvalue weighted by Gasteiger charge is 2.19. The number of aliphatic imine (C=N–C) groups is 1. The van der Waals surface area contributed by atoms with Crippen molar-refractivity contribution in [2.45, 2.75) is 51.9 Å². The quantitative estimate of drug-likeness (QED) is 0.344. The Morgan fingerprint density at radius 2 is 1.79 bits per heavy atom. The topological polar surface area (TPSA) is 45.6 Å². The van der Waals surface area contributed by atoms with Crippen LogP contribution in [0.5, 0.6) is 0 Å². The molecule has 0 heterocycles. The number of nitrogens with zero attached hydrogens (tertiary/aromatic N) is 1. The SMILES string of the molecule is CCCCOCCCNC(=NC)NCCCC1CC1. The molecule has 1 aliphatic rings. The molecule has 1 saturated carbocycles. The summed E-state index contributed by atoms with van der Waals surface area (Å²) in [6.07, 6.45) is 8.93. The van der Waals surface area contributed by atoms with E-state index in [1.807, 2.05) is 7.05 Å². The Morgan fingerprint density at radius 1 is 1.11 bits per heavy atom. The van der Waals surface area contributed by atoms with Gasteiger partial charge in [0.25, 0.3) is 0 Å². The van der Waals surface area contributed by atoms with Crippen molar-refractivity contribution in [3.63, 3.8) is 0 Å². The van der Waals surface area contributed by atoms with Crippen molar-refractivity contribution in [3.8, 4) is 0 Å². The van der Waals surface area contributed by atoms with Crippen LogP contribution in [0.4, 0.5) is 0 Å². The van der Waals surface area contributed by atoms with Crippen molar-refractivity contribution in [2.75, 3.05) is 33.4 Å². The summed E-state index contributed by atoms with van der Waals surface area (Å²) in [4.78, 5) is 4.22. The molecule has 112 valence electrons. The smallest absolute Gasteiger partial charge is 0.190 e. The number of hydrogen-bond acceptors (Lipinski definition) is 2. The van der Waals surface area contributed by atoms with E-state index >= 15 is 0 Å². The lowest BCUT2D eigenvalue weighted by Gasteiger charge is -2.11. The third kappa shape index (κ3) is 9.77. The summed E-state index contributed by atoms with van der Waals surface area (Å²) < 4.78 is 5.52. The first-order chi connectivity index (χ1) is 9.36. The summed E-state index contributed by atoms with van der Waals surface area (Å²) in [5.41, 5.74) is 0. The summed E-state index contributed by atoms with van der Waals surface area (Å²) in [6, 6.07) is 0. The Labute approximate surface area is 118 Å². The fraction of sp³-hybridized carbons (Fsp3) is 0.933. The fourth-order valence-electron chi connectivity index (χ4n) is 1.95. The van der Waals surface area contributed by atoms with Crippen molar-refractivity contribution in [1.82, 2.24) is 10.6 Å². The van der Waals surface area contributed by atoms with E-state index in [4.69, 9.17) is 4.74 Å². The van der Waals surface area contributed by atoms with E-state index in [0.29, 0.717) is 0 Å². The minimum absolute atomic E-state index is 0.839. The number of nitrogens with one attached hydrogen (secondary N) is 2. The summed E-state index contributed by atoms with van der Waals surface area (Å²) >= 11 is 0. The molecule has 0 unspecified atom stereocenters. The second-order valence-corrected chi connectivity index (χ2v) is 5.33. The van der Waals surface area contributed by atoms with E-state index < -0.39 is 0 Å². The highest BCUT2D eigenvalue weighted by Crippen LogP contribution is 2.33. The standard InChI is InChI=1S/C15H31N3O/c1-3-4-12-19-13-6-11-18-15(16-2)17-10-5-7-14-8-9-14/h14H,3-13H2,1-2H3,(H2,16,17,18). The number of ether oxygens (including phenoxy) is 1. The van der Waals surface area contributed by atoms with Crippen molar-refractivity contribution >= 4 is 5.96 Å². The molecule has 0 saturated heterocycles. The van der Waals surface area contributed by atoms with Gasteiger partial charge in [-0.25, -0.2) is 0 Å². The number of rotatable bonds is 11. The van der Waals surface area contributed by atoms with Crippen molar-refractivity contribution < 1.29 is 4.74 Å². The van der Waals surface area contributed by atoms with Gasteiger partial charge in [0.15, 0.2) is 5.96 Å². The predicted molar refractivity (Wildman–Crippen MR) is 81.7 cm³/mol. The molecule has 0 aromatic carbocycles. The second-order valence-electron chi connectivity index (χ2n) is 5.33. The lowest BCUT2D eigenvalue weighted by molar-refractivity contribution is 0.129. The van der Waals surface area contributed by atoms with Gasteiger partial charge in [0.2, 0.25) is 0 Å². The molecular formula is C15H31N3O. The van der Waals surface area contributed by atoms with E-state index in [2.05, 4.69) is 22.5 Å². The Hall–Kier alpha value is -0.770. The Kier molecular flexibility index (Phi) is 9.51. The van der Waals surface area contributed by atoms with Gasteiger partial charge in [-0.3, -0.25) is 4.99 Å². The van der Waals surface area contributed by atoms with Gasteiger partial charge in [0.05, 0.1) is 0 Å². The van der Waals surface area contributed by atoms with Crippen LogP contribution in [-0.2, 0) is 4.74 Å². The maximum atomic E-state index is 5.52. The lowest BCUT2D eigenvalue weighted by atomic mass is 10.2. The normalized spacial score (nSPS) is 15.6. The van der Waals surface area contributed by atoms with Crippen LogP contribution in [0.25, 0.3) is 0 Å². The molecule has 2 N–H and O–H groups in total. The van der Waals surface area contributed by atoms with E-state index in [1.54, 1.807) is 0 Å². The van der Waals surface area contributed by atoms with Crippen LogP contribution in [0.2, 0.25) is 0 Å². The van der Waals surface area contributed by atoms with E-state index in [1.165, 1.54) is 32.1 Å². The molecule has 1 rings (SSSR count). The lowest BCUT2D eigenvalue weighted by Crippen LogP contribution is -2.38. The molecule has 4 nitrogen and oxygen atoms in total. The van der Waals surface area contributed by atoms with Gasteiger partial charge in [-0.05, 0) is 31.6 Å². The second kappa shape index (κ2) is 11.1. The van der Waals surface area contributed by atoms with Gasteiger partial charge >= 0.3 is 0 Å². The van der Waals surface area contributed by atoms with Gasteiger partial charge in [0, 0.05) is 33.4 Å². The minimum Gasteiger partial charge on any atom is -0.381 e. The van der Waals surface area contributed by atoms with E-state index in [0.717, 1.165) is 51.0 Å². The summed E-state index contributed by atoms with van der Waals surface area (Å²) in [5.74, 6) is 1.95. The minimum atomic E-state index is 0.839. The molecule has 0 spiro atoms. The molecule has 0 aliphatic heterocycles. The van der Waals surface area contributed by atoms with Gasteiger partial charge in [-0.15, -0.1) is 0 Å². The Bertz CT molecular complexity index is 240. The van der Waals surface area contributed by atoms with E-state index in [-0.39, 0.29) is 0 Å². The first-order valence-corrected chi connectivity index (χ1v) is 7.89. The highest BCUT2D eigenvalue weighted by molar-refractivity contribution is 5.79. The van der Waals surface area contributed by atoms with Crippen molar-refractivity contribution in [3.05, 3.63) is 0 Å². The average Bonchev–Trinajstić information content (AvgIpc) is 3.24. The summed E-state index contributed by atoms with van der Waals surface area (Å²) in [7, 11) is 1.83. The molecular weight excluding hydrogens is 238 g/mol. The monoisotopic (exact) mass is 269 g/mol. The van der Waals surface area contributed by atoms with Crippen LogP contribution in [0.3, 0.4) is 0 Å². The molecule has 1 aliphatic carbocycles. The maximum Gasteiger partial charge on any atom is 0.190 e. The zero-order valence-corrected chi connectivity index (χ0v) is 12.7. The molecule has 0 aromatic heterocycles. The first kappa shape index (κ1) is 16.3. The molecule has 0 aromatic rings. The Morgan fingerprint density at radius 3 is 2.42 bits per heavy atom. The van der Waals surface area contributed by atoms with Crippen LogP contribution in [0.15, 0.2) is 4.99 Å². The fourth-order valence-corrected chi connectivity index (χ4v) is 1.95. The van der Waals surface area contributed by atoms with E-state index in [9.17, 15) is 0 Å². The number of unbranched alkanes of at least 4 members (excludes halogenated alkanes) is 1. The molecule has 4 heteroatoms. The van der Waals surface area contributed by atoms with Gasteiger partial charge in [0.1, 0.15) is 0 Å². The zero-order valence-electron chi connectivity index (χ0n) is 12.7. The van der Waals surface area contributed by atoms with Crippen LogP contribution in [-0.4, -0.2) is 39.3 Å².